The molecule has 2 atom stereocenters. The molecule has 4 rings (SSSR count). The Bertz CT molecular complexity index is 780. The maximum atomic E-state index is 12.3. The maximum absolute atomic E-state index is 12.3. The average Bonchev–Trinajstić information content (AvgIpc) is 3.10. The van der Waals surface area contributed by atoms with Crippen LogP contribution in [-0.4, -0.2) is 50.2 Å². The summed E-state index contributed by atoms with van der Waals surface area (Å²) < 4.78 is 2.68. The molecule has 0 radical (unpaired) electrons. The van der Waals surface area contributed by atoms with E-state index in [9.17, 15) is 9.59 Å². The predicted octanol–water partition coefficient (Wildman–Crippen LogP) is 0.239. The van der Waals surface area contributed by atoms with Crippen molar-refractivity contribution in [3.63, 3.8) is 0 Å². The van der Waals surface area contributed by atoms with Gasteiger partial charge in [0.1, 0.15) is 6.54 Å². The molecule has 0 saturated carbocycles. The number of hydrogen-bond donors (Lipinski definition) is 1. The van der Waals surface area contributed by atoms with E-state index in [2.05, 4.69) is 15.3 Å². The van der Waals surface area contributed by atoms with Crippen LogP contribution in [0.25, 0.3) is 5.65 Å². The number of hydrogen-bond acceptors (Lipinski definition) is 4. The summed E-state index contributed by atoms with van der Waals surface area (Å²) >= 11 is 0. The fraction of sp³-hybridized carbons (Fsp3) is 0.562. The number of pyridine rings is 1. The molecule has 7 nitrogen and oxygen atoms in total. The SMILES string of the molecule is O=C(Cn1nc2ccccn2c1=O)NC1CCN2CCCCC12. The summed E-state index contributed by atoms with van der Waals surface area (Å²) in [6, 6.07) is 6.02. The zero-order chi connectivity index (χ0) is 15.8. The molecule has 1 N–H and O–H groups in total. The maximum Gasteiger partial charge on any atom is 0.350 e. The Morgan fingerprint density at radius 1 is 1.26 bits per heavy atom. The molecule has 1 amide bonds. The van der Waals surface area contributed by atoms with Gasteiger partial charge < -0.3 is 5.32 Å². The van der Waals surface area contributed by atoms with E-state index in [0.29, 0.717) is 11.7 Å². The Balaban J connectivity index is 1.45. The average molecular weight is 315 g/mol. The van der Waals surface area contributed by atoms with Crippen LogP contribution in [0.2, 0.25) is 0 Å². The standard InChI is InChI=1S/C16H21N5O2/c22-15(17-12-7-10-19-8-3-1-5-13(12)19)11-21-16(23)20-9-4-2-6-14(20)18-21/h2,4,6,9,12-13H,1,3,5,7-8,10-11H2,(H,17,22). The van der Waals surface area contributed by atoms with Crippen molar-refractivity contribution in [2.75, 3.05) is 13.1 Å². The van der Waals surface area contributed by atoms with Gasteiger partial charge in [-0.1, -0.05) is 12.5 Å². The first-order valence-electron chi connectivity index (χ1n) is 8.30. The van der Waals surface area contributed by atoms with E-state index < -0.39 is 0 Å². The topological polar surface area (TPSA) is 71.6 Å². The van der Waals surface area contributed by atoms with Gasteiger partial charge in [-0.25, -0.2) is 9.48 Å². The predicted molar refractivity (Wildman–Crippen MR) is 85.2 cm³/mol. The van der Waals surface area contributed by atoms with E-state index in [1.54, 1.807) is 18.3 Å². The van der Waals surface area contributed by atoms with Crippen LogP contribution in [0.3, 0.4) is 0 Å². The molecule has 0 bridgehead atoms. The Morgan fingerprint density at radius 2 is 2.17 bits per heavy atom. The summed E-state index contributed by atoms with van der Waals surface area (Å²) in [4.78, 5) is 27.0. The van der Waals surface area contributed by atoms with Crippen LogP contribution < -0.4 is 11.0 Å². The van der Waals surface area contributed by atoms with Crippen molar-refractivity contribution in [2.24, 2.45) is 0 Å². The van der Waals surface area contributed by atoms with Gasteiger partial charge in [-0.15, -0.1) is 5.10 Å². The fourth-order valence-electron chi connectivity index (χ4n) is 3.88. The fourth-order valence-corrected chi connectivity index (χ4v) is 3.88. The molecule has 23 heavy (non-hydrogen) atoms. The summed E-state index contributed by atoms with van der Waals surface area (Å²) in [5.41, 5.74) is 0.283. The lowest BCUT2D eigenvalue weighted by Gasteiger charge is -2.32. The highest BCUT2D eigenvalue weighted by atomic mass is 16.2. The third kappa shape index (κ3) is 2.65. The van der Waals surface area contributed by atoms with E-state index in [0.717, 1.165) is 25.9 Å². The number of aromatic nitrogens is 3. The zero-order valence-electron chi connectivity index (χ0n) is 13.0. The van der Waals surface area contributed by atoms with Crippen molar-refractivity contribution in [3.8, 4) is 0 Å². The monoisotopic (exact) mass is 315 g/mol. The van der Waals surface area contributed by atoms with Crippen LogP contribution in [0, 0.1) is 0 Å². The van der Waals surface area contributed by atoms with Gasteiger partial charge in [0.05, 0.1) is 0 Å². The second-order valence-electron chi connectivity index (χ2n) is 6.43. The number of carbonyl (C=O) groups is 1. The van der Waals surface area contributed by atoms with Gasteiger partial charge in [0.2, 0.25) is 5.91 Å². The molecule has 0 aliphatic carbocycles. The van der Waals surface area contributed by atoms with E-state index >= 15 is 0 Å². The third-order valence-electron chi connectivity index (χ3n) is 4.98. The Morgan fingerprint density at radius 3 is 3.04 bits per heavy atom. The molecule has 2 saturated heterocycles. The molecule has 0 spiro atoms. The van der Waals surface area contributed by atoms with E-state index in [4.69, 9.17) is 0 Å². The van der Waals surface area contributed by atoms with Gasteiger partial charge in [-0.3, -0.25) is 14.1 Å². The van der Waals surface area contributed by atoms with Gasteiger partial charge in [0.15, 0.2) is 5.65 Å². The molecule has 2 aliphatic heterocycles. The minimum atomic E-state index is -0.276. The first kappa shape index (κ1) is 14.4. The van der Waals surface area contributed by atoms with Crippen molar-refractivity contribution < 1.29 is 4.79 Å². The second kappa shape index (κ2) is 5.81. The first-order valence-corrected chi connectivity index (χ1v) is 8.30. The molecule has 2 aromatic rings. The quantitative estimate of drug-likeness (QED) is 0.881. The largest absolute Gasteiger partial charge is 0.350 e. The lowest BCUT2D eigenvalue weighted by Crippen LogP contribution is -2.48. The number of nitrogens with zero attached hydrogens (tertiary/aromatic N) is 4. The Hall–Kier alpha value is -2.15. The molecule has 2 aliphatic rings. The summed E-state index contributed by atoms with van der Waals surface area (Å²) in [5, 5.41) is 7.31. The number of fused-ring (bicyclic) bond motifs is 2. The van der Waals surface area contributed by atoms with Gasteiger partial charge in [-0.05, 0) is 37.9 Å². The number of rotatable bonds is 3. The summed E-state index contributed by atoms with van der Waals surface area (Å²) in [6.45, 7) is 2.18. The molecule has 122 valence electrons. The smallest absolute Gasteiger partial charge is 0.350 e. The van der Waals surface area contributed by atoms with Crippen molar-refractivity contribution in [1.29, 1.82) is 0 Å². The van der Waals surface area contributed by atoms with Crippen molar-refractivity contribution in [1.82, 2.24) is 24.4 Å². The van der Waals surface area contributed by atoms with Crippen LogP contribution >= 0.6 is 0 Å². The van der Waals surface area contributed by atoms with E-state index in [1.807, 2.05) is 6.07 Å². The number of amides is 1. The number of piperidine rings is 1. The third-order valence-corrected chi connectivity index (χ3v) is 4.98. The van der Waals surface area contributed by atoms with Crippen molar-refractivity contribution in [3.05, 3.63) is 34.9 Å². The van der Waals surface area contributed by atoms with Gasteiger partial charge in [-0.2, -0.15) is 0 Å². The molecule has 0 aromatic carbocycles. The second-order valence-corrected chi connectivity index (χ2v) is 6.43. The number of nitrogens with one attached hydrogen (secondary N) is 1. The van der Waals surface area contributed by atoms with Crippen LogP contribution in [0.4, 0.5) is 0 Å². The summed E-state index contributed by atoms with van der Waals surface area (Å²) in [5.74, 6) is -0.132. The molecular weight excluding hydrogens is 294 g/mol. The molecule has 2 aromatic heterocycles. The van der Waals surface area contributed by atoms with E-state index in [-0.39, 0.29) is 24.2 Å². The number of carbonyl (C=O) groups excluding carboxylic acids is 1. The van der Waals surface area contributed by atoms with Crippen molar-refractivity contribution >= 4 is 11.6 Å². The van der Waals surface area contributed by atoms with Gasteiger partial charge in [0, 0.05) is 24.8 Å². The summed E-state index contributed by atoms with van der Waals surface area (Å²) in [6.07, 6.45) is 6.30. The highest BCUT2D eigenvalue weighted by Crippen LogP contribution is 2.27. The Kier molecular flexibility index (Phi) is 3.65. The molecule has 7 heteroatoms. The van der Waals surface area contributed by atoms with Crippen LogP contribution in [0.5, 0.6) is 0 Å². The lowest BCUT2D eigenvalue weighted by atomic mass is 9.99. The minimum Gasteiger partial charge on any atom is -0.350 e. The first-order chi connectivity index (χ1) is 11.2. The van der Waals surface area contributed by atoms with Crippen molar-refractivity contribution in [2.45, 2.75) is 44.3 Å². The van der Waals surface area contributed by atoms with Gasteiger partial charge in [0.25, 0.3) is 0 Å². The van der Waals surface area contributed by atoms with Crippen LogP contribution in [0.1, 0.15) is 25.7 Å². The molecule has 4 heterocycles. The zero-order valence-corrected chi connectivity index (χ0v) is 13.0. The molecule has 2 fully saturated rings. The summed E-state index contributed by atoms with van der Waals surface area (Å²) in [7, 11) is 0. The highest BCUT2D eigenvalue weighted by molar-refractivity contribution is 5.76. The van der Waals surface area contributed by atoms with Gasteiger partial charge >= 0.3 is 5.69 Å². The normalized spacial score (nSPS) is 24.7. The van der Waals surface area contributed by atoms with Crippen LogP contribution in [0.15, 0.2) is 29.2 Å². The van der Waals surface area contributed by atoms with E-state index in [1.165, 1.54) is 21.9 Å². The lowest BCUT2D eigenvalue weighted by molar-refractivity contribution is -0.122. The Labute approximate surface area is 133 Å². The highest BCUT2D eigenvalue weighted by Gasteiger charge is 2.36. The minimum absolute atomic E-state index is 0.0241. The molecular formula is C16H21N5O2. The van der Waals surface area contributed by atoms with Crippen LogP contribution in [-0.2, 0) is 11.3 Å². The molecule has 2 unspecified atom stereocenters.